The highest BCUT2D eigenvalue weighted by Gasteiger charge is 2.15. The van der Waals surface area contributed by atoms with Crippen LogP contribution in [0.2, 0.25) is 0 Å². The average molecular weight is 614 g/mol. The molecule has 3 aromatic carbocycles. The Bertz CT molecular complexity index is 1310. The van der Waals surface area contributed by atoms with Crippen molar-refractivity contribution in [3.63, 3.8) is 0 Å². The van der Waals surface area contributed by atoms with Gasteiger partial charge in [0.2, 0.25) is 0 Å². The molecule has 0 aliphatic heterocycles. The molecule has 0 bridgehead atoms. The Balaban J connectivity index is 1.80. The molecule has 3 aromatic rings. The fourth-order valence-corrected chi connectivity index (χ4v) is 3.97. The number of esters is 1. The quantitative estimate of drug-likeness (QED) is 0.168. The van der Waals surface area contributed by atoms with Gasteiger partial charge in [0.15, 0.2) is 11.5 Å². The van der Waals surface area contributed by atoms with Gasteiger partial charge < -0.3 is 19.5 Å². The SMILES string of the molecule is CCOc1cc(/C=C(\C#N)C(=O)Nc2ccc(C(=O)OC)cc2)cc(Br)c1OCc1ccc(Br)cc1. The van der Waals surface area contributed by atoms with Gasteiger partial charge in [-0.3, -0.25) is 4.79 Å². The number of nitrogens with zero attached hydrogens (tertiary/aromatic N) is 1. The number of anilines is 1. The summed E-state index contributed by atoms with van der Waals surface area (Å²) in [5.41, 5.74) is 2.24. The largest absolute Gasteiger partial charge is 0.490 e. The summed E-state index contributed by atoms with van der Waals surface area (Å²) in [6.45, 7) is 2.59. The lowest BCUT2D eigenvalue weighted by Crippen LogP contribution is -2.13. The third-order valence-corrected chi connectivity index (χ3v) is 5.99. The van der Waals surface area contributed by atoms with Crippen molar-refractivity contribution in [1.29, 1.82) is 5.26 Å². The maximum atomic E-state index is 12.7. The molecule has 0 spiro atoms. The zero-order chi connectivity index (χ0) is 26.1. The molecule has 0 fully saturated rings. The number of carbonyl (C=O) groups is 2. The highest BCUT2D eigenvalue weighted by molar-refractivity contribution is 9.10. The average Bonchev–Trinajstić information content (AvgIpc) is 2.88. The van der Waals surface area contributed by atoms with Crippen LogP contribution in [0.25, 0.3) is 6.08 Å². The van der Waals surface area contributed by atoms with Gasteiger partial charge in [0.05, 0.1) is 23.8 Å². The van der Waals surface area contributed by atoms with E-state index in [1.54, 1.807) is 24.3 Å². The maximum absolute atomic E-state index is 12.7. The first-order chi connectivity index (χ1) is 17.3. The molecule has 0 saturated heterocycles. The first-order valence-electron chi connectivity index (χ1n) is 10.8. The molecule has 0 aromatic heterocycles. The number of rotatable bonds is 9. The van der Waals surface area contributed by atoms with E-state index >= 15 is 0 Å². The van der Waals surface area contributed by atoms with Crippen LogP contribution in [0.4, 0.5) is 5.69 Å². The predicted molar refractivity (Wildman–Crippen MR) is 144 cm³/mol. The summed E-state index contributed by atoms with van der Waals surface area (Å²) in [5.74, 6) is -0.0738. The standard InChI is InChI=1S/C27H22Br2N2O5/c1-3-35-24-14-18(13-23(29)25(24)36-16-17-4-8-21(28)9-5-17)12-20(15-30)26(32)31-22-10-6-19(7-11-22)27(33)34-2/h4-14H,3,16H2,1-2H3,(H,31,32)/b20-12+. The Hall–Kier alpha value is -3.61. The zero-order valence-corrected chi connectivity index (χ0v) is 22.7. The zero-order valence-electron chi connectivity index (χ0n) is 19.5. The normalized spacial score (nSPS) is 10.8. The van der Waals surface area contributed by atoms with E-state index in [2.05, 4.69) is 41.9 Å². The molecule has 0 radical (unpaired) electrons. The van der Waals surface area contributed by atoms with Crippen LogP contribution in [-0.4, -0.2) is 25.6 Å². The van der Waals surface area contributed by atoms with Gasteiger partial charge in [-0.05, 0) is 88.6 Å². The molecule has 9 heteroatoms. The number of ether oxygens (including phenoxy) is 3. The van der Waals surface area contributed by atoms with Crippen LogP contribution < -0.4 is 14.8 Å². The van der Waals surface area contributed by atoms with Gasteiger partial charge in [0, 0.05) is 10.2 Å². The minimum atomic E-state index is -0.590. The van der Waals surface area contributed by atoms with Crippen LogP contribution in [0.15, 0.2) is 75.2 Å². The van der Waals surface area contributed by atoms with Crippen molar-refractivity contribution in [3.8, 4) is 17.6 Å². The van der Waals surface area contributed by atoms with Crippen molar-refractivity contribution < 1.29 is 23.8 Å². The van der Waals surface area contributed by atoms with Crippen LogP contribution in [0.5, 0.6) is 11.5 Å². The van der Waals surface area contributed by atoms with Gasteiger partial charge in [-0.1, -0.05) is 28.1 Å². The van der Waals surface area contributed by atoms with Gasteiger partial charge in [-0.15, -0.1) is 0 Å². The Kier molecular flexibility index (Phi) is 9.68. The molecule has 3 rings (SSSR count). The van der Waals surface area contributed by atoms with E-state index in [0.29, 0.717) is 46.0 Å². The third-order valence-electron chi connectivity index (χ3n) is 4.87. The number of benzene rings is 3. The number of nitrogens with one attached hydrogen (secondary N) is 1. The number of hydrogen-bond donors (Lipinski definition) is 1. The van der Waals surface area contributed by atoms with Crippen molar-refractivity contribution in [1.82, 2.24) is 0 Å². The summed E-state index contributed by atoms with van der Waals surface area (Å²) >= 11 is 6.93. The van der Waals surface area contributed by atoms with Crippen molar-refractivity contribution in [2.75, 3.05) is 19.0 Å². The second kappa shape index (κ2) is 12.9. The van der Waals surface area contributed by atoms with Crippen molar-refractivity contribution >= 4 is 55.5 Å². The fourth-order valence-electron chi connectivity index (χ4n) is 3.13. The summed E-state index contributed by atoms with van der Waals surface area (Å²) in [7, 11) is 1.29. The van der Waals surface area contributed by atoms with Crippen molar-refractivity contribution in [2.24, 2.45) is 0 Å². The molecule has 0 aliphatic carbocycles. The van der Waals surface area contributed by atoms with Gasteiger partial charge in [0.1, 0.15) is 18.2 Å². The summed E-state index contributed by atoms with van der Waals surface area (Å²) in [6.07, 6.45) is 1.46. The monoisotopic (exact) mass is 612 g/mol. The molecule has 0 saturated carbocycles. The van der Waals surface area contributed by atoms with Crippen LogP contribution in [0, 0.1) is 11.3 Å². The third kappa shape index (κ3) is 7.20. The van der Waals surface area contributed by atoms with Crippen LogP contribution in [0.1, 0.15) is 28.4 Å². The van der Waals surface area contributed by atoms with Gasteiger partial charge in [0.25, 0.3) is 5.91 Å². The summed E-state index contributed by atoms with van der Waals surface area (Å²) in [4.78, 5) is 24.3. The molecule has 0 unspecified atom stereocenters. The summed E-state index contributed by atoms with van der Waals surface area (Å²) < 4.78 is 18.0. The topological polar surface area (TPSA) is 97.7 Å². The van der Waals surface area contributed by atoms with E-state index in [0.717, 1.165) is 10.0 Å². The molecule has 0 atom stereocenters. The number of carbonyl (C=O) groups excluding carboxylic acids is 2. The number of halogens is 2. The van der Waals surface area contributed by atoms with E-state index in [4.69, 9.17) is 9.47 Å². The first-order valence-corrected chi connectivity index (χ1v) is 12.4. The number of hydrogen-bond acceptors (Lipinski definition) is 6. The molecule has 1 amide bonds. The summed E-state index contributed by atoms with van der Waals surface area (Å²) in [5, 5.41) is 12.3. The van der Waals surface area contributed by atoms with Gasteiger partial charge >= 0.3 is 5.97 Å². The Labute approximate surface area is 225 Å². The first kappa shape index (κ1) is 27.0. The lowest BCUT2D eigenvalue weighted by Gasteiger charge is -2.15. The molecule has 0 aliphatic rings. The van der Waals surface area contributed by atoms with Crippen molar-refractivity contribution in [3.05, 3.63) is 91.9 Å². The lowest BCUT2D eigenvalue weighted by molar-refractivity contribution is -0.112. The van der Waals surface area contributed by atoms with Gasteiger partial charge in [-0.25, -0.2) is 4.79 Å². The van der Waals surface area contributed by atoms with Gasteiger partial charge in [-0.2, -0.15) is 5.26 Å². The molecule has 1 N–H and O–H groups in total. The molecular formula is C27H22Br2N2O5. The second-order valence-corrected chi connectivity index (χ2v) is 9.14. The lowest BCUT2D eigenvalue weighted by atomic mass is 10.1. The Morgan fingerprint density at radius 1 is 1.03 bits per heavy atom. The van der Waals surface area contributed by atoms with E-state index in [1.807, 2.05) is 37.3 Å². The van der Waals surface area contributed by atoms with Crippen LogP contribution in [0.3, 0.4) is 0 Å². The molecular weight excluding hydrogens is 592 g/mol. The highest BCUT2D eigenvalue weighted by atomic mass is 79.9. The Morgan fingerprint density at radius 3 is 2.33 bits per heavy atom. The minimum Gasteiger partial charge on any atom is -0.490 e. The van der Waals surface area contributed by atoms with E-state index in [1.165, 1.54) is 25.3 Å². The smallest absolute Gasteiger partial charge is 0.337 e. The molecule has 7 nitrogen and oxygen atoms in total. The van der Waals surface area contributed by atoms with Crippen LogP contribution in [-0.2, 0) is 16.1 Å². The van der Waals surface area contributed by atoms with Crippen LogP contribution >= 0.6 is 31.9 Å². The number of methoxy groups -OCH3 is 1. The molecule has 184 valence electrons. The van der Waals surface area contributed by atoms with E-state index < -0.39 is 11.9 Å². The number of amides is 1. The fraction of sp³-hybridized carbons (Fsp3) is 0.148. The minimum absolute atomic E-state index is 0.107. The molecule has 36 heavy (non-hydrogen) atoms. The maximum Gasteiger partial charge on any atom is 0.337 e. The van der Waals surface area contributed by atoms with Crippen molar-refractivity contribution in [2.45, 2.75) is 13.5 Å². The summed E-state index contributed by atoms with van der Waals surface area (Å²) in [6, 6.07) is 19.3. The second-order valence-electron chi connectivity index (χ2n) is 7.37. The Morgan fingerprint density at radius 2 is 1.72 bits per heavy atom. The highest BCUT2D eigenvalue weighted by Crippen LogP contribution is 2.38. The predicted octanol–water partition coefficient (Wildman–Crippen LogP) is 6.52. The van der Waals surface area contributed by atoms with E-state index in [-0.39, 0.29) is 5.57 Å². The number of nitriles is 1. The van der Waals surface area contributed by atoms with E-state index in [9.17, 15) is 14.9 Å². The molecule has 0 heterocycles.